The molecule has 0 aromatic heterocycles. The van der Waals surface area contributed by atoms with Crippen LogP contribution >= 0.6 is 0 Å². The Balaban J connectivity index is 3.11. The van der Waals surface area contributed by atoms with Gasteiger partial charge in [-0.05, 0) is 51.4 Å². The summed E-state index contributed by atoms with van der Waals surface area (Å²) in [7, 11) is 0. The highest BCUT2D eigenvalue weighted by molar-refractivity contribution is 5.79. The van der Waals surface area contributed by atoms with Gasteiger partial charge < -0.3 is 10.2 Å². The van der Waals surface area contributed by atoms with Gasteiger partial charge in [-0.3, -0.25) is 0 Å². The molecule has 0 aromatic carbocycles. The standard InChI is InChI=1S/C48H88O4/c49-47(50)45-43-41-39-37-35-33-31-29-27-25-23-21-19-17-15-13-11-9-7-5-3-1-2-4-6-8-10-12-14-16-18-20-22-24-26-28-30-32-34-36-38-40-42-44-46-48(51)52/h27,29,43-46H,1-26,28,30-42H2,(H,49,50)(H,51,52). The van der Waals surface area contributed by atoms with E-state index in [-0.39, 0.29) is 0 Å². The lowest BCUT2D eigenvalue weighted by molar-refractivity contribution is -0.132. The van der Waals surface area contributed by atoms with Crippen LogP contribution in [0.25, 0.3) is 0 Å². The first-order valence-electron chi connectivity index (χ1n) is 23.1. The number of hydrogen-bond acceptors (Lipinski definition) is 2. The average Bonchev–Trinajstić information content (AvgIpc) is 3.12. The Morgan fingerprint density at radius 3 is 0.519 bits per heavy atom. The number of aliphatic carboxylic acids is 2. The van der Waals surface area contributed by atoms with E-state index in [1.165, 1.54) is 243 Å². The van der Waals surface area contributed by atoms with Crippen molar-refractivity contribution in [1.82, 2.24) is 0 Å². The van der Waals surface area contributed by atoms with Crippen molar-refractivity contribution in [2.75, 3.05) is 0 Å². The second-order valence-electron chi connectivity index (χ2n) is 15.8. The molecule has 0 rings (SSSR count). The highest BCUT2D eigenvalue weighted by atomic mass is 16.4. The molecule has 0 fully saturated rings. The average molecular weight is 729 g/mol. The molecule has 4 nitrogen and oxygen atoms in total. The van der Waals surface area contributed by atoms with E-state index in [2.05, 4.69) is 12.2 Å². The zero-order valence-corrected chi connectivity index (χ0v) is 34.5. The molecule has 0 aromatic rings. The SMILES string of the molecule is O=C(O)C=CCCCCCCC=CCCCCCCCCCCCCCCCCCCCCCCCCCCCCCCCCCCC=CC(=O)O. The summed E-state index contributed by atoms with van der Waals surface area (Å²) < 4.78 is 0. The van der Waals surface area contributed by atoms with Crippen molar-refractivity contribution < 1.29 is 19.8 Å². The smallest absolute Gasteiger partial charge is 0.327 e. The fourth-order valence-corrected chi connectivity index (χ4v) is 7.31. The van der Waals surface area contributed by atoms with Crippen LogP contribution in [0.5, 0.6) is 0 Å². The van der Waals surface area contributed by atoms with E-state index in [1.807, 2.05) is 0 Å². The fourth-order valence-electron chi connectivity index (χ4n) is 7.31. The van der Waals surface area contributed by atoms with Crippen LogP contribution in [0, 0.1) is 0 Å². The lowest BCUT2D eigenvalue weighted by Gasteiger charge is -2.05. The van der Waals surface area contributed by atoms with E-state index in [1.54, 1.807) is 12.2 Å². The Hall–Kier alpha value is -1.84. The molecule has 4 heteroatoms. The number of allylic oxidation sites excluding steroid dienone is 4. The van der Waals surface area contributed by atoms with Gasteiger partial charge in [0, 0.05) is 12.2 Å². The van der Waals surface area contributed by atoms with Gasteiger partial charge in [0.05, 0.1) is 0 Å². The minimum atomic E-state index is -0.840. The number of unbranched alkanes of at least 4 members (excludes halogenated alkanes) is 38. The molecule has 0 saturated carbocycles. The van der Waals surface area contributed by atoms with Crippen molar-refractivity contribution in [3.63, 3.8) is 0 Å². The third kappa shape index (κ3) is 48.2. The first-order valence-corrected chi connectivity index (χ1v) is 23.1. The van der Waals surface area contributed by atoms with Crippen LogP contribution in [-0.4, -0.2) is 22.2 Å². The number of hydrogen-bond donors (Lipinski definition) is 2. The Labute approximate surface area is 324 Å². The molecular weight excluding hydrogens is 641 g/mol. The van der Waals surface area contributed by atoms with Crippen molar-refractivity contribution in [3.05, 3.63) is 36.5 Å². The summed E-state index contributed by atoms with van der Waals surface area (Å²) in [5.74, 6) is -1.67. The van der Waals surface area contributed by atoms with Crippen molar-refractivity contribution >= 4 is 11.9 Å². The van der Waals surface area contributed by atoms with Gasteiger partial charge in [-0.15, -0.1) is 0 Å². The first-order chi connectivity index (χ1) is 25.6. The van der Waals surface area contributed by atoms with Crippen LogP contribution in [0.1, 0.15) is 257 Å². The second-order valence-corrected chi connectivity index (χ2v) is 15.8. The molecule has 0 unspecified atom stereocenters. The largest absolute Gasteiger partial charge is 0.478 e. The summed E-state index contributed by atoms with van der Waals surface area (Å²) in [5.41, 5.74) is 0. The molecule has 2 N–H and O–H groups in total. The van der Waals surface area contributed by atoms with Gasteiger partial charge in [0.15, 0.2) is 0 Å². The quantitative estimate of drug-likeness (QED) is 0.0372. The molecule has 0 aliphatic heterocycles. The summed E-state index contributed by atoms with van der Waals surface area (Å²) in [5, 5.41) is 17.1. The molecule has 0 aliphatic carbocycles. The van der Waals surface area contributed by atoms with E-state index in [9.17, 15) is 9.59 Å². The lowest BCUT2D eigenvalue weighted by Crippen LogP contribution is -1.86. The van der Waals surface area contributed by atoms with Crippen molar-refractivity contribution in [2.24, 2.45) is 0 Å². The van der Waals surface area contributed by atoms with Gasteiger partial charge in [0.25, 0.3) is 0 Å². The van der Waals surface area contributed by atoms with Crippen LogP contribution < -0.4 is 0 Å². The van der Waals surface area contributed by atoms with Crippen molar-refractivity contribution in [3.8, 4) is 0 Å². The number of carbonyl (C=O) groups is 2. The summed E-state index contributed by atoms with van der Waals surface area (Å²) >= 11 is 0. The molecule has 0 aliphatic rings. The molecule has 52 heavy (non-hydrogen) atoms. The third-order valence-electron chi connectivity index (χ3n) is 10.7. The molecule has 0 atom stereocenters. The Morgan fingerprint density at radius 2 is 0.365 bits per heavy atom. The van der Waals surface area contributed by atoms with Gasteiger partial charge in [-0.1, -0.05) is 230 Å². The second kappa shape index (κ2) is 45.3. The van der Waals surface area contributed by atoms with Crippen LogP contribution in [0.2, 0.25) is 0 Å². The van der Waals surface area contributed by atoms with Crippen molar-refractivity contribution in [2.45, 2.75) is 257 Å². The summed E-state index contributed by atoms with van der Waals surface area (Å²) in [6, 6.07) is 0. The third-order valence-corrected chi connectivity index (χ3v) is 10.7. The molecule has 0 spiro atoms. The first kappa shape index (κ1) is 50.2. The zero-order chi connectivity index (χ0) is 37.7. The van der Waals surface area contributed by atoms with E-state index >= 15 is 0 Å². The lowest BCUT2D eigenvalue weighted by atomic mass is 10.0. The maximum atomic E-state index is 10.4. The van der Waals surface area contributed by atoms with Gasteiger partial charge in [0.2, 0.25) is 0 Å². The minimum absolute atomic E-state index is 0.832. The predicted octanol–water partition coefficient (Wildman–Crippen LogP) is 16.4. The normalized spacial score (nSPS) is 11.9. The number of carboxylic acids is 2. The minimum Gasteiger partial charge on any atom is -0.478 e. The molecule has 0 amide bonds. The maximum Gasteiger partial charge on any atom is 0.327 e. The Kier molecular flexibility index (Phi) is 43.7. The van der Waals surface area contributed by atoms with E-state index < -0.39 is 11.9 Å². The monoisotopic (exact) mass is 729 g/mol. The molecular formula is C48H88O4. The maximum absolute atomic E-state index is 10.4. The topological polar surface area (TPSA) is 74.6 Å². The van der Waals surface area contributed by atoms with E-state index in [0.717, 1.165) is 25.7 Å². The Bertz CT molecular complexity index is 813. The van der Waals surface area contributed by atoms with Gasteiger partial charge in [-0.25, -0.2) is 9.59 Å². The van der Waals surface area contributed by atoms with Gasteiger partial charge in [-0.2, -0.15) is 0 Å². The van der Waals surface area contributed by atoms with E-state index in [4.69, 9.17) is 10.2 Å². The molecule has 0 saturated heterocycles. The van der Waals surface area contributed by atoms with Gasteiger partial charge in [0.1, 0.15) is 0 Å². The molecule has 304 valence electrons. The summed E-state index contributed by atoms with van der Waals surface area (Å²) in [6.07, 6.45) is 65.0. The van der Waals surface area contributed by atoms with Gasteiger partial charge >= 0.3 is 11.9 Å². The van der Waals surface area contributed by atoms with Crippen LogP contribution in [0.3, 0.4) is 0 Å². The summed E-state index contributed by atoms with van der Waals surface area (Å²) in [4.78, 5) is 20.8. The Morgan fingerprint density at radius 1 is 0.231 bits per heavy atom. The van der Waals surface area contributed by atoms with Crippen molar-refractivity contribution in [1.29, 1.82) is 0 Å². The molecule has 0 heterocycles. The summed E-state index contributed by atoms with van der Waals surface area (Å²) in [6.45, 7) is 0. The fraction of sp³-hybridized carbons (Fsp3) is 0.833. The molecule has 0 radical (unpaired) electrons. The molecule has 0 bridgehead atoms. The van der Waals surface area contributed by atoms with E-state index in [0.29, 0.717) is 0 Å². The zero-order valence-electron chi connectivity index (χ0n) is 34.5. The van der Waals surface area contributed by atoms with Crippen LogP contribution in [0.4, 0.5) is 0 Å². The number of rotatable bonds is 44. The van der Waals surface area contributed by atoms with Crippen LogP contribution in [0.15, 0.2) is 36.5 Å². The number of carboxylic acid groups (broad SMARTS) is 2. The highest BCUT2D eigenvalue weighted by Gasteiger charge is 1.98. The van der Waals surface area contributed by atoms with Crippen LogP contribution in [-0.2, 0) is 9.59 Å². The highest BCUT2D eigenvalue weighted by Crippen LogP contribution is 2.17. The predicted molar refractivity (Wildman–Crippen MR) is 227 cm³/mol.